The van der Waals surface area contributed by atoms with E-state index in [1.807, 2.05) is 11.6 Å². The molecule has 0 radical (unpaired) electrons. The van der Waals surface area contributed by atoms with Crippen molar-refractivity contribution in [1.82, 2.24) is 9.55 Å². The van der Waals surface area contributed by atoms with E-state index in [2.05, 4.69) is 10.3 Å². The van der Waals surface area contributed by atoms with Crippen LogP contribution in [-0.2, 0) is 7.05 Å². The maximum atomic E-state index is 9.55. The smallest absolute Gasteiger partial charge is 0.148 e. The number of phenols is 1. The summed E-state index contributed by atoms with van der Waals surface area (Å²) in [5.74, 6) is 0.806. The molecule has 4 nitrogen and oxygen atoms in total. The zero-order chi connectivity index (χ0) is 10.8. The van der Waals surface area contributed by atoms with Crippen LogP contribution in [0.1, 0.15) is 0 Å². The second kappa shape index (κ2) is 3.82. The third-order valence-electron chi connectivity index (χ3n) is 1.93. The van der Waals surface area contributed by atoms with E-state index in [-0.39, 0.29) is 5.75 Å². The number of nitrogens with one attached hydrogen (secondary N) is 1. The minimum atomic E-state index is 0.144. The molecule has 0 aliphatic carbocycles. The Labute approximate surface area is 92.1 Å². The van der Waals surface area contributed by atoms with E-state index in [9.17, 15) is 5.11 Å². The highest BCUT2D eigenvalue weighted by Crippen LogP contribution is 2.28. The number of phenolic OH excluding ortho intramolecular Hbond substituents is 1. The van der Waals surface area contributed by atoms with Crippen LogP contribution < -0.4 is 5.32 Å². The maximum absolute atomic E-state index is 9.55. The van der Waals surface area contributed by atoms with Gasteiger partial charge in [-0.3, -0.25) is 0 Å². The second-order valence-electron chi connectivity index (χ2n) is 3.21. The van der Waals surface area contributed by atoms with Gasteiger partial charge in [0.15, 0.2) is 0 Å². The summed E-state index contributed by atoms with van der Waals surface area (Å²) < 4.78 is 1.81. The van der Waals surface area contributed by atoms with Gasteiger partial charge < -0.3 is 15.0 Å². The molecule has 0 amide bonds. The number of benzene rings is 1. The lowest BCUT2D eigenvalue weighted by molar-refractivity contribution is 0.478. The first-order valence-corrected chi connectivity index (χ1v) is 4.76. The van der Waals surface area contributed by atoms with Crippen molar-refractivity contribution in [3.05, 3.63) is 35.7 Å². The summed E-state index contributed by atoms with van der Waals surface area (Å²) in [6.07, 6.45) is 3.48. The Kier molecular flexibility index (Phi) is 2.51. The van der Waals surface area contributed by atoms with Crippen LogP contribution in [0.4, 0.5) is 11.5 Å². The van der Waals surface area contributed by atoms with Gasteiger partial charge in [0.1, 0.15) is 11.6 Å². The van der Waals surface area contributed by atoms with Crippen LogP contribution in [0.5, 0.6) is 5.75 Å². The molecule has 2 rings (SSSR count). The summed E-state index contributed by atoms with van der Waals surface area (Å²) in [4.78, 5) is 4.08. The van der Waals surface area contributed by atoms with E-state index >= 15 is 0 Å². The lowest BCUT2D eigenvalue weighted by atomic mass is 10.3. The normalized spacial score (nSPS) is 10.3. The molecule has 2 N–H and O–H groups in total. The van der Waals surface area contributed by atoms with Crippen LogP contribution in [0.15, 0.2) is 30.7 Å². The number of imidazole rings is 1. The molecule has 1 heterocycles. The van der Waals surface area contributed by atoms with Crippen molar-refractivity contribution in [1.29, 1.82) is 0 Å². The number of rotatable bonds is 2. The monoisotopic (exact) mass is 223 g/mol. The zero-order valence-electron chi connectivity index (χ0n) is 8.11. The largest absolute Gasteiger partial charge is 0.506 e. The first-order chi connectivity index (χ1) is 7.15. The van der Waals surface area contributed by atoms with Gasteiger partial charge in [0.25, 0.3) is 0 Å². The fourth-order valence-electron chi connectivity index (χ4n) is 1.22. The molecule has 1 aromatic carbocycles. The minimum absolute atomic E-state index is 0.144. The molecule has 0 saturated carbocycles. The highest BCUT2D eigenvalue weighted by molar-refractivity contribution is 6.30. The fraction of sp³-hybridized carbons (Fsp3) is 0.100. The number of aromatic hydroxyl groups is 1. The van der Waals surface area contributed by atoms with Gasteiger partial charge in [-0.1, -0.05) is 11.6 Å². The number of hydrogen-bond donors (Lipinski definition) is 2. The molecule has 0 aliphatic heterocycles. The molecule has 0 saturated heterocycles. The predicted molar refractivity (Wildman–Crippen MR) is 59.6 cm³/mol. The third kappa shape index (κ3) is 2.22. The van der Waals surface area contributed by atoms with E-state index in [0.717, 1.165) is 0 Å². The Hall–Kier alpha value is -1.68. The minimum Gasteiger partial charge on any atom is -0.506 e. The Balaban J connectivity index is 2.27. The number of halogens is 1. The molecule has 0 atom stereocenters. The van der Waals surface area contributed by atoms with Crippen molar-refractivity contribution >= 4 is 23.1 Å². The van der Waals surface area contributed by atoms with Crippen molar-refractivity contribution in [2.45, 2.75) is 0 Å². The van der Waals surface area contributed by atoms with E-state index in [0.29, 0.717) is 16.5 Å². The standard InChI is InChI=1S/C10H10ClN3O/c1-14-5-10(12-6-14)13-8-4-7(11)2-3-9(8)15/h2-6,13,15H,1H3. The first kappa shape index (κ1) is 9.86. The van der Waals surface area contributed by atoms with Crippen LogP contribution >= 0.6 is 11.6 Å². The topological polar surface area (TPSA) is 50.1 Å². The van der Waals surface area contributed by atoms with Crippen molar-refractivity contribution in [3.63, 3.8) is 0 Å². The average molecular weight is 224 g/mol. The van der Waals surface area contributed by atoms with Crippen molar-refractivity contribution in [3.8, 4) is 5.75 Å². The Bertz CT molecular complexity index is 481. The zero-order valence-corrected chi connectivity index (χ0v) is 8.86. The van der Waals surface area contributed by atoms with Crippen LogP contribution in [0.25, 0.3) is 0 Å². The molecule has 1 aromatic heterocycles. The lowest BCUT2D eigenvalue weighted by Gasteiger charge is -2.05. The van der Waals surface area contributed by atoms with Gasteiger partial charge in [0, 0.05) is 18.3 Å². The summed E-state index contributed by atoms with van der Waals surface area (Å²) in [6.45, 7) is 0. The lowest BCUT2D eigenvalue weighted by Crippen LogP contribution is -1.90. The molecule has 0 spiro atoms. The highest BCUT2D eigenvalue weighted by Gasteiger charge is 2.03. The number of aromatic nitrogens is 2. The molecule has 0 unspecified atom stereocenters. The Morgan fingerprint density at radius 2 is 2.27 bits per heavy atom. The quantitative estimate of drug-likeness (QED) is 0.770. The van der Waals surface area contributed by atoms with Gasteiger partial charge in [-0.25, -0.2) is 4.98 Å². The molecular formula is C10H10ClN3O. The maximum Gasteiger partial charge on any atom is 0.148 e. The van der Waals surface area contributed by atoms with Crippen LogP contribution in [-0.4, -0.2) is 14.7 Å². The molecule has 78 valence electrons. The summed E-state index contributed by atoms with van der Waals surface area (Å²) in [5.41, 5.74) is 0.543. The van der Waals surface area contributed by atoms with Gasteiger partial charge >= 0.3 is 0 Å². The van der Waals surface area contributed by atoms with E-state index in [1.54, 1.807) is 24.7 Å². The number of aryl methyl sites for hydroxylation is 1. The third-order valence-corrected chi connectivity index (χ3v) is 2.16. The predicted octanol–water partition coefficient (Wildman–Crippen LogP) is 2.52. The summed E-state index contributed by atoms with van der Waals surface area (Å²) >= 11 is 5.81. The van der Waals surface area contributed by atoms with Gasteiger partial charge in [-0.15, -0.1) is 0 Å². The van der Waals surface area contributed by atoms with Crippen LogP contribution in [0.2, 0.25) is 5.02 Å². The molecule has 2 aromatic rings. The van der Waals surface area contributed by atoms with E-state index in [4.69, 9.17) is 11.6 Å². The van der Waals surface area contributed by atoms with Gasteiger partial charge in [0.2, 0.25) is 0 Å². The van der Waals surface area contributed by atoms with Gasteiger partial charge in [0.05, 0.1) is 12.0 Å². The summed E-state index contributed by atoms with van der Waals surface area (Å²) in [5, 5.41) is 13.1. The molecular weight excluding hydrogens is 214 g/mol. The average Bonchev–Trinajstić information content (AvgIpc) is 2.58. The molecule has 5 heteroatoms. The molecule has 0 bridgehead atoms. The number of anilines is 2. The van der Waals surface area contributed by atoms with Crippen molar-refractivity contribution in [2.75, 3.05) is 5.32 Å². The fourth-order valence-corrected chi connectivity index (χ4v) is 1.40. The molecule has 15 heavy (non-hydrogen) atoms. The van der Waals surface area contributed by atoms with E-state index < -0.39 is 0 Å². The molecule has 0 fully saturated rings. The van der Waals surface area contributed by atoms with Gasteiger partial charge in [-0.05, 0) is 18.2 Å². The van der Waals surface area contributed by atoms with Gasteiger partial charge in [-0.2, -0.15) is 0 Å². The summed E-state index contributed by atoms with van der Waals surface area (Å²) in [7, 11) is 1.87. The number of nitrogens with zero attached hydrogens (tertiary/aromatic N) is 2. The van der Waals surface area contributed by atoms with Crippen LogP contribution in [0.3, 0.4) is 0 Å². The van der Waals surface area contributed by atoms with E-state index in [1.165, 1.54) is 6.07 Å². The second-order valence-corrected chi connectivity index (χ2v) is 3.65. The van der Waals surface area contributed by atoms with Crippen LogP contribution in [0, 0.1) is 0 Å². The first-order valence-electron chi connectivity index (χ1n) is 4.38. The number of hydrogen-bond acceptors (Lipinski definition) is 3. The Morgan fingerprint density at radius 3 is 2.93 bits per heavy atom. The highest BCUT2D eigenvalue weighted by atomic mass is 35.5. The summed E-state index contributed by atoms with van der Waals surface area (Å²) in [6, 6.07) is 4.81. The van der Waals surface area contributed by atoms with Crippen molar-refractivity contribution < 1.29 is 5.11 Å². The SMILES string of the molecule is Cn1cnc(Nc2cc(Cl)ccc2O)c1. The van der Waals surface area contributed by atoms with Crippen molar-refractivity contribution in [2.24, 2.45) is 7.05 Å². The Morgan fingerprint density at radius 1 is 1.47 bits per heavy atom. The molecule has 0 aliphatic rings.